The third kappa shape index (κ3) is 6.91. The number of fused-ring (bicyclic) bond motifs is 5. The predicted molar refractivity (Wildman–Crippen MR) is 264 cm³/mol. The molecule has 12 rings (SSSR count). The molecule has 0 bridgehead atoms. The van der Waals surface area contributed by atoms with Gasteiger partial charge in [0.25, 0.3) is 0 Å². The summed E-state index contributed by atoms with van der Waals surface area (Å²) < 4.78 is 2.52. The molecule has 3 aromatic heterocycles. The van der Waals surface area contributed by atoms with E-state index in [1.54, 1.807) is 0 Å². The summed E-state index contributed by atoms with van der Waals surface area (Å²) >= 11 is 1.83. The Bertz CT molecular complexity index is 3510. The van der Waals surface area contributed by atoms with Crippen LogP contribution in [0.15, 0.2) is 218 Å². The quantitative estimate of drug-likeness (QED) is 0.161. The summed E-state index contributed by atoms with van der Waals surface area (Å²) in [6, 6.07) is 77.0. The van der Waals surface area contributed by atoms with Gasteiger partial charge in [0.2, 0.25) is 0 Å². The topological polar surface area (TPSA) is 51.6 Å². The molecule has 63 heavy (non-hydrogen) atoms. The predicted octanol–water partition coefficient (Wildman–Crippen LogP) is 15.6. The fraction of sp³-hybridized carbons (Fsp3) is 0. The van der Waals surface area contributed by atoms with E-state index in [-0.39, 0.29) is 0 Å². The standard InChI is InChI=1S/C58H36N4S/c1-3-16-39(17-4-1)57-59-50(43-28-26-37-14-7-9-20-41(37)30-43)35-52(61-57)46-32-45(48-23-13-25-55-56(48)49-22-11-12-24-54(49)63-55)33-47(34-46)53-36-51(60-58(62-53)40-18-5-2-6-19-40)44-29-27-38-15-8-10-21-42(38)31-44/h1-36H. The Morgan fingerprint density at radius 2 is 0.714 bits per heavy atom. The zero-order valence-electron chi connectivity index (χ0n) is 34.0. The molecule has 0 unspecified atom stereocenters. The van der Waals surface area contributed by atoms with Crippen molar-refractivity contribution in [1.82, 2.24) is 19.9 Å². The second-order valence-corrected chi connectivity index (χ2v) is 16.9. The number of benzene rings is 9. The van der Waals surface area contributed by atoms with Crippen LogP contribution in [0.4, 0.5) is 0 Å². The zero-order chi connectivity index (χ0) is 41.7. The summed E-state index contributed by atoms with van der Waals surface area (Å²) in [5.74, 6) is 1.34. The highest BCUT2D eigenvalue weighted by Crippen LogP contribution is 2.43. The van der Waals surface area contributed by atoms with Gasteiger partial charge < -0.3 is 0 Å². The molecule has 4 nitrogen and oxygen atoms in total. The minimum atomic E-state index is 0.668. The van der Waals surface area contributed by atoms with Crippen molar-refractivity contribution < 1.29 is 0 Å². The van der Waals surface area contributed by atoms with E-state index in [0.717, 1.165) is 78.1 Å². The minimum Gasteiger partial charge on any atom is -0.228 e. The van der Waals surface area contributed by atoms with E-state index in [1.165, 1.54) is 30.9 Å². The summed E-state index contributed by atoms with van der Waals surface area (Å²) in [6.45, 7) is 0. The molecular formula is C58H36N4S. The first-order valence-corrected chi connectivity index (χ1v) is 21.9. The van der Waals surface area contributed by atoms with Gasteiger partial charge in [-0.2, -0.15) is 0 Å². The van der Waals surface area contributed by atoms with Crippen LogP contribution in [0, 0.1) is 0 Å². The van der Waals surface area contributed by atoms with E-state index in [4.69, 9.17) is 19.9 Å². The van der Waals surface area contributed by atoms with Crippen LogP contribution in [0.1, 0.15) is 0 Å². The highest BCUT2D eigenvalue weighted by molar-refractivity contribution is 7.25. The molecule has 0 aliphatic heterocycles. The lowest BCUT2D eigenvalue weighted by Crippen LogP contribution is -1.98. The molecule has 0 spiro atoms. The fourth-order valence-electron chi connectivity index (χ4n) is 8.71. The molecule has 0 saturated heterocycles. The van der Waals surface area contributed by atoms with Gasteiger partial charge in [-0.25, -0.2) is 19.9 Å². The average Bonchev–Trinajstić information content (AvgIpc) is 3.75. The molecule has 0 fully saturated rings. The molecule has 12 aromatic rings. The molecule has 294 valence electrons. The third-order valence-corrected chi connectivity index (χ3v) is 13.0. The Hall–Kier alpha value is -8.12. The summed E-state index contributed by atoms with van der Waals surface area (Å²) in [5.41, 5.74) is 11.5. The van der Waals surface area contributed by atoms with Gasteiger partial charge in [0, 0.05) is 53.6 Å². The van der Waals surface area contributed by atoms with Gasteiger partial charge in [-0.1, -0.05) is 164 Å². The smallest absolute Gasteiger partial charge is 0.160 e. The Morgan fingerprint density at radius 1 is 0.270 bits per heavy atom. The van der Waals surface area contributed by atoms with Crippen LogP contribution < -0.4 is 0 Å². The van der Waals surface area contributed by atoms with Crippen LogP contribution in [-0.4, -0.2) is 19.9 Å². The summed E-state index contributed by atoms with van der Waals surface area (Å²) in [7, 11) is 0. The zero-order valence-corrected chi connectivity index (χ0v) is 34.8. The molecule has 9 aromatic carbocycles. The molecule has 0 atom stereocenters. The van der Waals surface area contributed by atoms with Crippen molar-refractivity contribution in [2.24, 2.45) is 0 Å². The molecule has 0 radical (unpaired) electrons. The van der Waals surface area contributed by atoms with E-state index in [9.17, 15) is 0 Å². The van der Waals surface area contributed by atoms with Gasteiger partial charge in [-0.3, -0.25) is 0 Å². The minimum absolute atomic E-state index is 0.668. The normalized spacial score (nSPS) is 11.5. The van der Waals surface area contributed by atoms with Crippen molar-refractivity contribution in [2.45, 2.75) is 0 Å². The van der Waals surface area contributed by atoms with Crippen molar-refractivity contribution in [1.29, 1.82) is 0 Å². The van der Waals surface area contributed by atoms with Crippen LogP contribution >= 0.6 is 11.3 Å². The van der Waals surface area contributed by atoms with Crippen molar-refractivity contribution >= 4 is 53.1 Å². The molecule has 3 heterocycles. The molecular weight excluding hydrogens is 785 g/mol. The maximum Gasteiger partial charge on any atom is 0.160 e. The lowest BCUT2D eigenvalue weighted by Gasteiger charge is -2.15. The maximum absolute atomic E-state index is 5.35. The first-order valence-electron chi connectivity index (χ1n) is 21.1. The van der Waals surface area contributed by atoms with Crippen LogP contribution in [0.5, 0.6) is 0 Å². The van der Waals surface area contributed by atoms with Crippen molar-refractivity contribution in [3.05, 3.63) is 218 Å². The van der Waals surface area contributed by atoms with Gasteiger partial charge in [-0.05, 0) is 87.3 Å². The lowest BCUT2D eigenvalue weighted by molar-refractivity contribution is 1.18. The number of aromatic nitrogens is 4. The van der Waals surface area contributed by atoms with Crippen LogP contribution in [0.2, 0.25) is 0 Å². The Morgan fingerprint density at radius 3 is 1.27 bits per heavy atom. The van der Waals surface area contributed by atoms with Crippen LogP contribution in [0.25, 0.3) is 121 Å². The van der Waals surface area contributed by atoms with Gasteiger partial charge >= 0.3 is 0 Å². The summed E-state index contributed by atoms with van der Waals surface area (Å²) in [5, 5.41) is 7.20. The van der Waals surface area contributed by atoms with Crippen molar-refractivity contribution in [3.8, 4) is 78.9 Å². The van der Waals surface area contributed by atoms with Crippen LogP contribution in [0.3, 0.4) is 0 Å². The second kappa shape index (κ2) is 15.4. The van der Waals surface area contributed by atoms with E-state index < -0.39 is 0 Å². The maximum atomic E-state index is 5.35. The monoisotopic (exact) mass is 820 g/mol. The SMILES string of the molecule is c1ccc(-c2nc(-c3cc(-c4cc(-c5ccc6ccccc6c5)nc(-c5ccccc5)n4)cc(-c4cccc5sc6ccccc6c45)c3)cc(-c3ccc4ccccc4c3)n2)cc1. The fourth-order valence-corrected chi connectivity index (χ4v) is 9.84. The molecule has 0 N–H and O–H groups in total. The molecule has 0 aliphatic rings. The highest BCUT2D eigenvalue weighted by Gasteiger charge is 2.18. The molecule has 0 amide bonds. The van der Waals surface area contributed by atoms with Crippen molar-refractivity contribution in [2.75, 3.05) is 0 Å². The van der Waals surface area contributed by atoms with Crippen molar-refractivity contribution in [3.63, 3.8) is 0 Å². The van der Waals surface area contributed by atoms with Crippen LogP contribution in [-0.2, 0) is 0 Å². The molecule has 0 saturated carbocycles. The number of thiophene rings is 1. The molecule has 0 aliphatic carbocycles. The summed E-state index contributed by atoms with van der Waals surface area (Å²) in [4.78, 5) is 21.1. The largest absolute Gasteiger partial charge is 0.228 e. The Balaban J connectivity index is 1.12. The first-order chi connectivity index (χ1) is 31.2. The average molecular weight is 821 g/mol. The van der Waals surface area contributed by atoms with Gasteiger partial charge in [0.05, 0.1) is 22.8 Å². The van der Waals surface area contributed by atoms with Gasteiger partial charge in [0.15, 0.2) is 11.6 Å². The Labute approximate surface area is 368 Å². The molecule has 5 heteroatoms. The Kier molecular flexibility index (Phi) is 8.98. The third-order valence-electron chi connectivity index (χ3n) is 11.8. The number of hydrogen-bond donors (Lipinski definition) is 0. The number of hydrogen-bond acceptors (Lipinski definition) is 5. The second-order valence-electron chi connectivity index (χ2n) is 15.9. The number of rotatable bonds is 7. The van der Waals surface area contributed by atoms with E-state index >= 15 is 0 Å². The van der Waals surface area contributed by atoms with Gasteiger partial charge in [0.1, 0.15) is 0 Å². The van der Waals surface area contributed by atoms with E-state index in [2.05, 4.69) is 182 Å². The van der Waals surface area contributed by atoms with E-state index in [1.807, 2.05) is 47.7 Å². The number of nitrogens with zero attached hydrogens (tertiary/aromatic N) is 4. The first kappa shape index (κ1) is 36.7. The summed E-state index contributed by atoms with van der Waals surface area (Å²) in [6.07, 6.45) is 0. The lowest BCUT2D eigenvalue weighted by atomic mass is 9.93. The van der Waals surface area contributed by atoms with Gasteiger partial charge in [-0.15, -0.1) is 11.3 Å². The van der Waals surface area contributed by atoms with E-state index in [0.29, 0.717) is 11.6 Å². The highest BCUT2D eigenvalue weighted by atomic mass is 32.1.